The van der Waals surface area contributed by atoms with Crippen molar-refractivity contribution in [3.05, 3.63) is 28.8 Å². The van der Waals surface area contributed by atoms with Gasteiger partial charge in [0.1, 0.15) is 29.2 Å². The molecule has 1 aromatic carbocycles. The number of carbonyl (C=O) groups is 3. The SMILES string of the molecule is CC1(C)S[C@@H]2[C@H](NC(=O)C(N)c3ccc(O)c(Cl)c3)C(=O)N2[C@H]1C(=O)O. The molecule has 3 rings (SSSR count). The summed E-state index contributed by atoms with van der Waals surface area (Å²) in [7, 11) is 0. The number of aromatic hydroxyl groups is 1. The molecule has 0 aliphatic carbocycles. The highest BCUT2D eigenvalue weighted by Crippen LogP contribution is 2.50. The zero-order chi connectivity index (χ0) is 19.4. The molecule has 1 unspecified atom stereocenters. The average molecular weight is 400 g/mol. The number of benzene rings is 1. The lowest BCUT2D eigenvalue weighted by atomic mass is 9.95. The number of nitrogens with two attached hydrogens (primary N) is 1. The molecule has 140 valence electrons. The number of amides is 2. The first kappa shape index (κ1) is 18.8. The molecule has 1 aromatic rings. The van der Waals surface area contributed by atoms with Crippen LogP contribution in [-0.2, 0) is 14.4 Å². The number of carboxylic acids is 1. The molecule has 2 aliphatic rings. The van der Waals surface area contributed by atoms with Crippen LogP contribution in [0.25, 0.3) is 0 Å². The Morgan fingerprint density at radius 1 is 1.42 bits per heavy atom. The largest absolute Gasteiger partial charge is 0.506 e. The zero-order valence-electron chi connectivity index (χ0n) is 14.0. The van der Waals surface area contributed by atoms with Crippen molar-refractivity contribution in [1.82, 2.24) is 10.2 Å². The minimum absolute atomic E-state index is 0.0639. The molecule has 0 aromatic heterocycles. The van der Waals surface area contributed by atoms with Gasteiger partial charge in [-0.2, -0.15) is 0 Å². The number of nitrogens with one attached hydrogen (secondary N) is 1. The van der Waals surface area contributed by atoms with E-state index in [2.05, 4.69) is 5.32 Å². The van der Waals surface area contributed by atoms with Gasteiger partial charge < -0.3 is 26.2 Å². The fourth-order valence-corrected chi connectivity index (χ4v) is 5.07. The normalized spacial score (nSPS) is 27.5. The lowest BCUT2D eigenvalue weighted by molar-refractivity contribution is -0.161. The van der Waals surface area contributed by atoms with Crippen molar-refractivity contribution in [1.29, 1.82) is 0 Å². The first-order chi connectivity index (χ1) is 12.0. The molecule has 26 heavy (non-hydrogen) atoms. The minimum atomic E-state index is -1.08. The van der Waals surface area contributed by atoms with Gasteiger partial charge in [-0.05, 0) is 31.5 Å². The number of nitrogens with zero attached hydrogens (tertiary/aromatic N) is 1. The number of thioether (sulfide) groups is 1. The number of hydrogen-bond acceptors (Lipinski definition) is 6. The fourth-order valence-electron chi connectivity index (χ4n) is 3.26. The maximum absolute atomic E-state index is 12.4. The summed E-state index contributed by atoms with van der Waals surface area (Å²) in [6.45, 7) is 3.51. The van der Waals surface area contributed by atoms with Crippen molar-refractivity contribution in [3.63, 3.8) is 0 Å². The standard InChI is InChI=1S/C16H18ClN3O5S/c1-16(2)11(15(24)25)20-13(23)10(14(20)26-16)19-12(22)9(18)6-3-4-8(21)7(17)5-6/h3-5,9-11,14,21H,18H2,1-2H3,(H,19,22)(H,24,25)/t9?,10-,11+,14-/m1/s1. The molecule has 0 saturated carbocycles. The predicted molar refractivity (Wildman–Crippen MR) is 95.7 cm³/mol. The molecule has 4 atom stereocenters. The van der Waals surface area contributed by atoms with E-state index >= 15 is 0 Å². The summed E-state index contributed by atoms with van der Waals surface area (Å²) in [5.74, 6) is -2.22. The van der Waals surface area contributed by atoms with Crippen molar-refractivity contribution in [3.8, 4) is 5.75 Å². The first-order valence-corrected chi connectivity index (χ1v) is 9.07. The second-order valence-electron chi connectivity index (χ2n) is 6.77. The Morgan fingerprint density at radius 2 is 2.08 bits per heavy atom. The zero-order valence-corrected chi connectivity index (χ0v) is 15.5. The van der Waals surface area contributed by atoms with Gasteiger partial charge in [-0.15, -0.1) is 11.8 Å². The Hall–Kier alpha value is -1.97. The number of carboxylic acid groups (broad SMARTS) is 1. The quantitative estimate of drug-likeness (QED) is 0.547. The third-order valence-corrected chi connectivity index (χ3v) is 6.46. The highest BCUT2D eigenvalue weighted by Gasteiger charge is 2.64. The van der Waals surface area contributed by atoms with E-state index in [1.54, 1.807) is 13.8 Å². The molecule has 2 heterocycles. The van der Waals surface area contributed by atoms with E-state index < -0.39 is 46.0 Å². The van der Waals surface area contributed by atoms with Crippen molar-refractivity contribution < 1.29 is 24.6 Å². The van der Waals surface area contributed by atoms with Crippen LogP contribution >= 0.6 is 23.4 Å². The lowest BCUT2D eigenvalue weighted by Gasteiger charge is -2.43. The van der Waals surface area contributed by atoms with Gasteiger partial charge in [0.25, 0.3) is 0 Å². The summed E-state index contributed by atoms with van der Waals surface area (Å²) in [5, 5.41) is 21.0. The highest BCUT2D eigenvalue weighted by molar-refractivity contribution is 8.01. The third kappa shape index (κ3) is 2.89. The van der Waals surface area contributed by atoms with Crippen LogP contribution in [0.3, 0.4) is 0 Å². The van der Waals surface area contributed by atoms with E-state index in [-0.39, 0.29) is 10.8 Å². The molecular weight excluding hydrogens is 382 g/mol. The summed E-state index contributed by atoms with van der Waals surface area (Å²) in [4.78, 5) is 37.6. The van der Waals surface area contributed by atoms with Crippen LogP contribution in [0.2, 0.25) is 5.02 Å². The second-order valence-corrected chi connectivity index (χ2v) is 8.95. The van der Waals surface area contributed by atoms with Gasteiger partial charge in [0.05, 0.1) is 5.02 Å². The molecule has 2 amide bonds. The topological polar surface area (TPSA) is 133 Å². The molecule has 0 spiro atoms. The lowest BCUT2D eigenvalue weighted by Crippen LogP contribution is -2.71. The molecule has 10 heteroatoms. The second kappa shape index (κ2) is 6.33. The number of phenols is 1. The number of halogens is 1. The van der Waals surface area contributed by atoms with Crippen LogP contribution in [0.15, 0.2) is 18.2 Å². The van der Waals surface area contributed by atoms with Crippen molar-refractivity contribution >= 4 is 41.1 Å². The van der Waals surface area contributed by atoms with E-state index in [0.29, 0.717) is 5.56 Å². The number of phenolic OH excluding ortho intramolecular Hbond substituents is 1. The third-order valence-electron chi connectivity index (χ3n) is 4.59. The first-order valence-electron chi connectivity index (χ1n) is 7.82. The molecule has 2 fully saturated rings. The fraction of sp³-hybridized carbons (Fsp3) is 0.438. The molecule has 0 bridgehead atoms. The molecule has 2 aliphatic heterocycles. The number of aliphatic carboxylic acids is 1. The van der Waals surface area contributed by atoms with Crippen LogP contribution in [0.5, 0.6) is 5.75 Å². The van der Waals surface area contributed by atoms with Crippen molar-refractivity contribution in [2.45, 2.75) is 42.1 Å². The Balaban J connectivity index is 1.72. The maximum Gasteiger partial charge on any atom is 0.327 e. The summed E-state index contributed by atoms with van der Waals surface area (Å²) >= 11 is 7.16. The van der Waals surface area contributed by atoms with Crippen LogP contribution in [0, 0.1) is 0 Å². The van der Waals surface area contributed by atoms with E-state index in [4.69, 9.17) is 17.3 Å². The molecular formula is C16H18ClN3O5S. The van der Waals surface area contributed by atoms with Gasteiger partial charge in [-0.3, -0.25) is 9.59 Å². The van der Waals surface area contributed by atoms with Gasteiger partial charge in [0, 0.05) is 4.75 Å². The summed E-state index contributed by atoms with van der Waals surface area (Å²) in [6, 6.07) is 1.33. The molecule has 5 N–H and O–H groups in total. The van der Waals surface area contributed by atoms with Gasteiger partial charge in [0.15, 0.2) is 0 Å². The molecule has 0 radical (unpaired) electrons. The number of β-lactam (4-membered cyclic amide) rings is 1. The van der Waals surface area contributed by atoms with Crippen LogP contribution < -0.4 is 11.1 Å². The Morgan fingerprint density at radius 3 is 2.65 bits per heavy atom. The van der Waals surface area contributed by atoms with E-state index in [0.717, 1.165) is 0 Å². The Labute approximate surface area is 158 Å². The summed E-state index contributed by atoms with van der Waals surface area (Å²) in [6.07, 6.45) is 0. The highest BCUT2D eigenvalue weighted by atomic mass is 35.5. The van der Waals surface area contributed by atoms with E-state index in [1.165, 1.54) is 34.9 Å². The van der Waals surface area contributed by atoms with E-state index in [9.17, 15) is 24.6 Å². The van der Waals surface area contributed by atoms with E-state index in [1.807, 2.05) is 0 Å². The van der Waals surface area contributed by atoms with Crippen molar-refractivity contribution in [2.75, 3.05) is 0 Å². The van der Waals surface area contributed by atoms with Gasteiger partial charge in [-0.25, -0.2) is 4.79 Å². The minimum Gasteiger partial charge on any atom is -0.506 e. The summed E-state index contributed by atoms with van der Waals surface area (Å²) < 4.78 is -0.668. The van der Waals surface area contributed by atoms with Gasteiger partial charge >= 0.3 is 5.97 Å². The predicted octanol–water partition coefficient (Wildman–Crippen LogP) is 0.677. The van der Waals surface area contributed by atoms with Crippen LogP contribution in [0.4, 0.5) is 0 Å². The number of fused-ring (bicyclic) bond motifs is 1. The van der Waals surface area contributed by atoms with Gasteiger partial charge in [0.2, 0.25) is 11.8 Å². The number of hydrogen-bond donors (Lipinski definition) is 4. The van der Waals surface area contributed by atoms with Crippen LogP contribution in [-0.4, -0.2) is 55.1 Å². The smallest absolute Gasteiger partial charge is 0.327 e. The Bertz CT molecular complexity index is 802. The molecule has 2 saturated heterocycles. The maximum atomic E-state index is 12.4. The molecule has 8 nitrogen and oxygen atoms in total. The van der Waals surface area contributed by atoms with Crippen molar-refractivity contribution in [2.24, 2.45) is 5.73 Å². The number of carbonyl (C=O) groups excluding carboxylic acids is 2. The van der Waals surface area contributed by atoms with Crippen LogP contribution in [0.1, 0.15) is 25.5 Å². The average Bonchev–Trinajstić information content (AvgIpc) is 2.82. The Kier molecular flexibility index (Phi) is 4.58. The number of rotatable bonds is 4. The van der Waals surface area contributed by atoms with Gasteiger partial charge in [-0.1, -0.05) is 17.7 Å². The monoisotopic (exact) mass is 399 g/mol. The summed E-state index contributed by atoms with van der Waals surface area (Å²) in [5.41, 5.74) is 6.30.